The molecule has 2 N–H and O–H groups in total. The van der Waals surface area contributed by atoms with Crippen LogP contribution >= 0.6 is 0 Å². The number of benzene rings is 1. The lowest BCUT2D eigenvalue weighted by molar-refractivity contribution is -0.0284. The summed E-state index contributed by atoms with van der Waals surface area (Å²) in [5, 5.41) is 13.6. The predicted molar refractivity (Wildman–Crippen MR) is 57.1 cm³/mol. The van der Waals surface area contributed by atoms with E-state index in [1.54, 1.807) is 0 Å². The summed E-state index contributed by atoms with van der Waals surface area (Å²) in [7, 11) is 0. The molecule has 0 bridgehead atoms. The van der Waals surface area contributed by atoms with Crippen molar-refractivity contribution in [3.8, 4) is 0 Å². The molecule has 1 fully saturated rings. The van der Waals surface area contributed by atoms with E-state index in [9.17, 15) is 5.11 Å². The Morgan fingerprint density at radius 2 is 2.00 bits per heavy atom. The molecule has 2 heteroatoms. The third kappa shape index (κ3) is 1.45. The van der Waals surface area contributed by atoms with E-state index in [4.69, 9.17) is 0 Å². The Balaban J connectivity index is 2.32. The highest BCUT2D eigenvalue weighted by molar-refractivity contribution is 5.31. The van der Waals surface area contributed by atoms with Crippen molar-refractivity contribution < 1.29 is 5.11 Å². The van der Waals surface area contributed by atoms with Gasteiger partial charge < -0.3 is 10.4 Å². The molecule has 1 saturated heterocycles. The first-order valence-electron chi connectivity index (χ1n) is 5.11. The van der Waals surface area contributed by atoms with Gasteiger partial charge in [-0.2, -0.15) is 0 Å². The van der Waals surface area contributed by atoms with E-state index >= 15 is 0 Å². The molecule has 1 aromatic rings. The summed E-state index contributed by atoms with van der Waals surface area (Å²) in [4.78, 5) is 0. The summed E-state index contributed by atoms with van der Waals surface area (Å²) < 4.78 is 0. The van der Waals surface area contributed by atoms with Crippen molar-refractivity contribution in [3.05, 3.63) is 35.4 Å². The monoisotopic (exact) mass is 191 g/mol. The topological polar surface area (TPSA) is 32.3 Å². The molecule has 1 heterocycles. The van der Waals surface area contributed by atoms with Gasteiger partial charge >= 0.3 is 0 Å². The van der Waals surface area contributed by atoms with Gasteiger partial charge in [0, 0.05) is 19.0 Å². The Kier molecular flexibility index (Phi) is 2.33. The number of hydrogen-bond acceptors (Lipinski definition) is 2. The van der Waals surface area contributed by atoms with Crippen molar-refractivity contribution in [2.24, 2.45) is 5.92 Å². The highest BCUT2D eigenvalue weighted by atomic mass is 16.3. The maximum absolute atomic E-state index is 10.4. The van der Waals surface area contributed by atoms with Gasteiger partial charge in [0.05, 0.1) is 5.60 Å². The molecule has 1 aliphatic heterocycles. The van der Waals surface area contributed by atoms with Gasteiger partial charge in [0.1, 0.15) is 0 Å². The number of rotatable bonds is 2. The first kappa shape index (κ1) is 9.69. The molecule has 76 valence electrons. The Bertz CT molecular complexity index is 329. The van der Waals surface area contributed by atoms with Crippen LogP contribution in [-0.2, 0) is 5.60 Å². The molecule has 0 spiro atoms. The third-order valence-electron chi connectivity index (χ3n) is 3.27. The minimum Gasteiger partial charge on any atom is -0.385 e. The molecule has 2 nitrogen and oxygen atoms in total. The van der Waals surface area contributed by atoms with Gasteiger partial charge in [-0.1, -0.05) is 24.3 Å². The van der Waals surface area contributed by atoms with E-state index < -0.39 is 5.60 Å². The molecule has 14 heavy (non-hydrogen) atoms. The molecule has 0 aromatic heterocycles. The quantitative estimate of drug-likeness (QED) is 0.741. The molecule has 1 unspecified atom stereocenters. The van der Waals surface area contributed by atoms with E-state index in [-0.39, 0.29) is 0 Å². The van der Waals surface area contributed by atoms with Crippen LogP contribution in [0, 0.1) is 12.8 Å². The Hall–Kier alpha value is -0.860. The Morgan fingerprint density at radius 3 is 2.50 bits per heavy atom. The van der Waals surface area contributed by atoms with E-state index in [1.807, 2.05) is 25.1 Å². The molecule has 1 aliphatic rings. The van der Waals surface area contributed by atoms with Gasteiger partial charge in [-0.3, -0.25) is 0 Å². The zero-order valence-electron chi connectivity index (χ0n) is 8.75. The number of aliphatic hydroxyl groups is 1. The summed E-state index contributed by atoms with van der Waals surface area (Å²) in [6, 6.07) is 8.07. The van der Waals surface area contributed by atoms with Crippen molar-refractivity contribution in [1.82, 2.24) is 5.32 Å². The standard InChI is InChI=1S/C12H17NO/c1-9-5-3-4-6-11(9)12(2,14)10-7-13-8-10/h3-6,10,13-14H,7-8H2,1-2H3. The highest BCUT2D eigenvalue weighted by Gasteiger charge is 2.38. The van der Waals surface area contributed by atoms with Crippen LogP contribution in [-0.4, -0.2) is 18.2 Å². The zero-order chi connectivity index (χ0) is 10.2. The minimum atomic E-state index is -0.684. The predicted octanol–water partition coefficient (Wildman–Crippen LogP) is 1.42. The number of nitrogens with one attached hydrogen (secondary N) is 1. The van der Waals surface area contributed by atoms with Gasteiger partial charge in [0.15, 0.2) is 0 Å². The second-order valence-corrected chi connectivity index (χ2v) is 4.32. The van der Waals surface area contributed by atoms with E-state index in [0.29, 0.717) is 5.92 Å². The van der Waals surface area contributed by atoms with Crippen molar-refractivity contribution >= 4 is 0 Å². The van der Waals surface area contributed by atoms with Crippen LogP contribution in [0.1, 0.15) is 18.1 Å². The summed E-state index contributed by atoms with van der Waals surface area (Å²) in [6.07, 6.45) is 0. The van der Waals surface area contributed by atoms with Gasteiger partial charge in [-0.25, -0.2) is 0 Å². The average molecular weight is 191 g/mol. The second kappa shape index (κ2) is 3.37. The van der Waals surface area contributed by atoms with Crippen LogP contribution < -0.4 is 5.32 Å². The molecular weight excluding hydrogens is 174 g/mol. The fourth-order valence-electron chi connectivity index (χ4n) is 2.05. The maximum Gasteiger partial charge on any atom is 0.0923 e. The summed E-state index contributed by atoms with van der Waals surface area (Å²) >= 11 is 0. The van der Waals surface area contributed by atoms with Crippen LogP contribution in [0.25, 0.3) is 0 Å². The van der Waals surface area contributed by atoms with Gasteiger partial charge in [0.2, 0.25) is 0 Å². The fraction of sp³-hybridized carbons (Fsp3) is 0.500. The van der Waals surface area contributed by atoms with Crippen molar-refractivity contribution in [1.29, 1.82) is 0 Å². The minimum absolute atomic E-state index is 0.351. The molecule has 1 aromatic carbocycles. The largest absolute Gasteiger partial charge is 0.385 e. The van der Waals surface area contributed by atoms with Crippen molar-refractivity contribution in [3.63, 3.8) is 0 Å². The molecule has 0 amide bonds. The van der Waals surface area contributed by atoms with Crippen molar-refractivity contribution in [2.45, 2.75) is 19.4 Å². The van der Waals surface area contributed by atoms with Gasteiger partial charge in [-0.05, 0) is 25.0 Å². The second-order valence-electron chi connectivity index (χ2n) is 4.32. The average Bonchev–Trinajstić information content (AvgIpc) is 2.00. The number of aryl methyl sites for hydroxylation is 1. The lowest BCUT2D eigenvalue weighted by atomic mass is 9.78. The Labute approximate surface area is 85.0 Å². The maximum atomic E-state index is 10.4. The first-order valence-corrected chi connectivity index (χ1v) is 5.11. The lowest BCUT2D eigenvalue weighted by Gasteiger charge is -2.40. The van der Waals surface area contributed by atoms with E-state index in [2.05, 4.69) is 18.3 Å². The summed E-state index contributed by atoms with van der Waals surface area (Å²) in [6.45, 7) is 5.80. The molecule has 2 rings (SSSR count). The van der Waals surface area contributed by atoms with Crippen LogP contribution in [0.4, 0.5) is 0 Å². The van der Waals surface area contributed by atoms with Crippen molar-refractivity contribution in [2.75, 3.05) is 13.1 Å². The van der Waals surface area contributed by atoms with E-state index in [1.165, 1.54) is 5.56 Å². The van der Waals surface area contributed by atoms with Crippen LogP contribution in [0.2, 0.25) is 0 Å². The molecular formula is C12H17NO. The molecule has 1 atom stereocenters. The highest BCUT2D eigenvalue weighted by Crippen LogP contribution is 2.33. The first-order chi connectivity index (χ1) is 6.62. The number of hydrogen-bond donors (Lipinski definition) is 2. The Morgan fingerprint density at radius 1 is 1.36 bits per heavy atom. The van der Waals surface area contributed by atoms with Crippen LogP contribution in [0.15, 0.2) is 24.3 Å². The molecule has 0 saturated carbocycles. The zero-order valence-corrected chi connectivity index (χ0v) is 8.75. The normalized spacial score (nSPS) is 21.4. The molecule has 0 aliphatic carbocycles. The van der Waals surface area contributed by atoms with Gasteiger partial charge in [-0.15, -0.1) is 0 Å². The summed E-state index contributed by atoms with van der Waals surface area (Å²) in [5.74, 6) is 0.351. The van der Waals surface area contributed by atoms with Gasteiger partial charge in [0.25, 0.3) is 0 Å². The van der Waals surface area contributed by atoms with Crippen LogP contribution in [0.5, 0.6) is 0 Å². The lowest BCUT2D eigenvalue weighted by Crippen LogP contribution is -2.53. The van der Waals surface area contributed by atoms with E-state index in [0.717, 1.165) is 18.7 Å². The smallest absolute Gasteiger partial charge is 0.0923 e. The fourth-order valence-corrected chi connectivity index (χ4v) is 2.05. The summed E-state index contributed by atoms with van der Waals surface area (Å²) in [5.41, 5.74) is 1.55. The SMILES string of the molecule is Cc1ccccc1C(C)(O)C1CNC1. The molecule has 0 radical (unpaired) electrons. The van der Waals surface area contributed by atoms with Crippen LogP contribution in [0.3, 0.4) is 0 Å². The third-order valence-corrected chi connectivity index (χ3v) is 3.27.